The van der Waals surface area contributed by atoms with E-state index < -0.39 is 0 Å². The number of carbonyl (C=O) groups is 2. The Balaban J connectivity index is 1.39. The number of fused-ring (bicyclic) bond motifs is 1. The van der Waals surface area contributed by atoms with E-state index in [-0.39, 0.29) is 24.3 Å². The first-order chi connectivity index (χ1) is 13.1. The maximum Gasteiger partial charge on any atom is 0.226 e. The second-order valence-electron chi connectivity index (χ2n) is 6.92. The highest BCUT2D eigenvalue weighted by Crippen LogP contribution is 2.22. The van der Waals surface area contributed by atoms with Crippen molar-refractivity contribution in [1.29, 1.82) is 0 Å². The molecule has 1 aliphatic heterocycles. The Labute approximate surface area is 162 Å². The number of aromatic nitrogens is 1. The van der Waals surface area contributed by atoms with E-state index in [0.29, 0.717) is 19.5 Å². The zero-order valence-corrected chi connectivity index (χ0v) is 16.0. The summed E-state index contributed by atoms with van der Waals surface area (Å²) in [5.74, 6) is 0.00264. The van der Waals surface area contributed by atoms with Crippen molar-refractivity contribution in [1.82, 2.24) is 15.2 Å². The van der Waals surface area contributed by atoms with Gasteiger partial charge in [-0.05, 0) is 23.3 Å². The molecule has 1 aromatic heterocycles. The smallest absolute Gasteiger partial charge is 0.226 e. The number of nitrogens with zero attached hydrogens (tertiary/aromatic N) is 2. The van der Waals surface area contributed by atoms with E-state index in [1.54, 1.807) is 0 Å². The fourth-order valence-corrected chi connectivity index (χ4v) is 4.20. The molecule has 2 heterocycles. The third kappa shape index (κ3) is 4.01. The summed E-state index contributed by atoms with van der Waals surface area (Å²) in [6.07, 6.45) is 0.616. The molecule has 1 aliphatic rings. The number of likely N-dealkylation sites (tertiary alicyclic amines) is 1. The molecule has 1 saturated heterocycles. The number of hydrogen-bond donors (Lipinski definition) is 1. The Morgan fingerprint density at radius 1 is 1.26 bits per heavy atom. The molecule has 1 fully saturated rings. The van der Waals surface area contributed by atoms with Gasteiger partial charge in [0.1, 0.15) is 0 Å². The number of carbonyl (C=O) groups excluding carboxylic acids is 2. The zero-order valence-electron chi connectivity index (χ0n) is 15.1. The van der Waals surface area contributed by atoms with Crippen LogP contribution in [0.25, 0.3) is 10.8 Å². The average molecular weight is 379 g/mol. The van der Waals surface area contributed by atoms with Gasteiger partial charge >= 0.3 is 0 Å². The minimum absolute atomic E-state index is 0.0786. The Hall–Kier alpha value is -2.73. The van der Waals surface area contributed by atoms with E-state index >= 15 is 0 Å². The van der Waals surface area contributed by atoms with Crippen molar-refractivity contribution in [2.45, 2.75) is 32.4 Å². The number of amides is 2. The lowest BCUT2D eigenvalue weighted by Gasteiger charge is -2.18. The molecular formula is C21H21N3O2S. The molecule has 2 amide bonds. The van der Waals surface area contributed by atoms with Crippen LogP contribution in [0.1, 0.15) is 22.7 Å². The van der Waals surface area contributed by atoms with Gasteiger partial charge in [0.25, 0.3) is 0 Å². The second kappa shape index (κ2) is 7.48. The lowest BCUT2D eigenvalue weighted by Crippen LogP contribution is -2.37. The summed E-state index contributed by atoms with van der Waals surface area (Å²) in [6.45, 7) is 3.04. The fourth-order valence-electron chi connectivity index (χ4n) is 3.59. The maximum atomic E-state index is 12.4. The maximum absolute atomic E-state index is 12.4. The summed E-state index contributed by atoms with van der Waals surface area (Å²) in [4.78, 5) is 30.8. The lowest BCUT2D eigenvalue weighted by atomic mass is 10.0. The molecule has 27 heavy (non-hydrogen) atoms. The predicted octanol–water partition coefficient (Wildman–Crippen LogP) is 3.06. The molecule has 0 unspecified atom stereocenters. The zero-order chi connectivity index (χ0) is 18.8. The summed E-state index contributed by atoms with van der Waals surface area (Å²) in [6, 6.07) is 14.2. The molecule has 2 aromatic carbocycles. The molecule has 0 bridgehead atoms. The SMILES string of the molecule is Cc1nc(CC(=O)N[C@@H]2CC(=O)N(Cc3cccc4ccccc34)C2)cs1. The monoisotopic (exact) mass is 379 g/mol. The average Bonchev–Trinajstić information content (AvgIpc) is 3.20. The van der Waals surface area contributed by atoms with Crippen molar-refractivity contribution >= 4 is 33.9 Å². The van der Waals surface area contributed by atoms with Gasteiger partial charge in [-0.2, -0.15) is 0 Å². The number of aryl methyl sites for hydroxylation is 1. The van der Waals surface area contributed by atoms with Crippen molar-refractivity contribution in [2.24, 2.45) is 0 Å². The molecule has 6 heteroatoms. The molecule has 0 aliphatic carbocycles. The highest BCUT2D eigenvalue weighted by Gasteiger charge is 2.30. The molecule has 1 atom stereocenters. The molecular weight excluding hydrogens is 358 g/mol. The summed E-state index contributed by atoms with van der Waals surface area (Å²) in [5.41, 5.74) is 1.92. The number of rotatable bonds is 5. The quantitative estimate of drug-likeness (QED) is 0.741. The van der Waals surface area contributed by atoms with Crippen LogP contribution in [0.2, 0.25) is 0 Å². The van der Waals surface area contributed by atoms with Crippen molar-refractivity contribution in [2.75, 3.05) is 6.54 Å². The van der Waals surface area contributed by atoms with E-state index in [1.165, 1.54) is 22.1 Å². The molecule has 0 radical (unpaired) electrons. The summed E-state index contributed by atoms with van der Waals surface area (Å²) in [5, 5.41) is 8.18. The number of hydrogen-bond acceptors (Lipinski definition) is 4. The van der Waals surface area contributed by atoms with Gasteiger partial charge in [0.2, 0.25) is 11.8 Å². The third-order valence-corrected chi connectivity index (χ3v) is 5.65. The molecule has 3 aromatic rings. The fraction of sp³-hybridized carbons (Fsp3) is 0.286. The van der Waals surface area contributed by atoms with Gasteiger partial charge < -0.3 is 10.2 Å². The van der Waals surface area contributed by atoms with Crippen LogP contribution in [0.15, 0.2) is 47.8 Å². The van der Waals surface area contributed by atoms with Crippen molar-refractivity contribution in [3.8, 4) is 0 Å². The largest absolute Gasteiger partial charge is 0.351 e. The van der Waals surface area contributed by atoms with Crippen LogP contribution in [-0.2, 0) is 22.6 Å². The van der Waals surface area contributed by atoms with E-state index in [4.69, 9.17) is 0 Å². The Kier molecular flexibility index (Phi) is 4.90. The van der Waals surface area contributed by atoms with E-state index in [9.17, 15) is 9.59 Å². The van der Waals surface area contributed by atoms with Gasteiger partial charge in [-0.25, -0.2) is 4.98 Å². The summed E-state index contributed by atoms with van der Waals surface area (Å²) in [7, 11) is 0. The van der Waals surface area contributed by atoms with Crippen LogP contribution in [0.5, 0.6) is 0 Å². The summed E-state index contributed by atoms with van der Waals surface area (Å²) < 4.78 is 0. The van der Waals surface area contributed by atoms with Crippen molar-refractivity contribution in [3.05, 3.63) is 64.1 Å². The Morgan fingerprint density at radius 3 is 2.89 bits per heavy atom. The third-order valence-electron chi connectivity index (χ3n) is 4.83. The Bertz CT molecular complexity index is 993. The molecule has 1 N–H and O–H groups in total. The Morgan fingerprint density at radius 2 is 2.07 bits per heavy atom. The first kappa shape index (κ1) is 17.7. The molecule has 138 valence electrons. The van der Waals surface area contributed by atoms with Gasteiger partial charge in [0, 0.05) is 24.9 Å². The van der Waals surface area contributed by atoms with Gasteiger partial charge in [-0.1, -0.05) is 42.5 Å². The second-order valence-corrected chi connectivity index (χ2v) is 7.98. The van der Waals surface area contributed by atoms with Crippen molar-refractivity contribution in [3.63, 3.8) is 0 Å². The van der Waals surface area contributed by atoms with Crippen LogP contribution < -0.4 is 5.32 Å². The van der Waals surface area contributed by atoms with E-state index in [0.717, 1.165) is 16.3 Å². The molecule has 0 spiro atoms. The minimum Gasteiger partial charge on any atom is -0.351 e. The van der Waals surface area contributed by atoms with Gasteiger partial charge in [-0.15, -0.1) is 11.3 Å². The first-order valence-corrected chi connectivity index (χ1v) is 9.91. The highest BCUT2D eigenvalue weighted by atomic mass is 32.1. The number of benzene rings is 2. The van der Waals surface area contributed by atoms with Gasteiger partial charge in [0.15, 0.2) is 0 Å². The first-order valence-electron chi connectivity index (χ1n) is 9.03. The van der Waals surface area contributed by atoms with Crippen LogP contribution in [0.4, 0.5) is 0 Å². The van der Waals surface area contributed by atoms with Crippen LogP contribution in [0.3, 0.4) is 0 Å². The van der Waals surface area contributed by atoms with E-state index in [2.05, 4.69) is 34.6 Å². The minimum atomic E-state index is -0.139. The van der Waals surface area contributed by atoms with Crippen LogP contribution in [-0.4, -0.2) is 34.3 Å². The van der Waals surface area contributed by atoms with Crippen LogP contribution in [0, 0.1) is 6.92 Å². The van der Waals surface area contributed by atoms with Crippen LogP contribution >= 0.6 is 11.3 Å². The molecule has 5 nitrogen and oxygen atoms in total. The number of thiazole rings is 1. The standard InChI is InChI=1S/C21H21N3O2S/c1-14-22-18(13-27-14)9-20(25)23-17-10-21(26)24(12-17)11-16-7-4-6-15-5-2-3-8-19(15)16/h2-8,13,17H,9-12H2,1H3,(H,23,25)/t17-/m1/s1. The van der Waals surface area contributed by atoms with Crippen molar-refractivity contribution < 1.29 is 9.59 Å². The molecule has 0 saturated carbocycles. The normalized spacial score (nSPS) is 16.9. The summed E-state index contributed by atoms with van der Waals surface area (Å²) >= 11 is 1.54. The highest BCUT2D eigenvalue weighted by molar-refractivity contribution is 7.09. The topological polar surface area (TPSA) is 62.3 Å². The predicted molar refractivity (Wildman–Crippen MR) is 106 cm³/mol. The molecule has 4 rings (SSSR count). The van der Waals surface area contributed by atoms with Gasteiger partial charge in [0.05, 0.1) is 23.2 Å². The lowest BCUT2D eigenvalue weighted by molar-refractivity contribution is -0.128. The van der Waals surface area contributed by atoms with E-state index in [1.807, 2.05) is 35.4 Å². The number of nitrogens with one attached hydrogen (secondary N) is 1. The van der Waals surface area contributed by atoms with Gasteiger partial charge in [-0.3, -0.25) is 9.59 Å².